The SMILES string of the molecule is COc1ccc(CN2CCN(C[C@H](C#N)CCC#N)CC2)cc1F. The maximum absolute atomic E-state index is 13.7. The van der Waals surface area contributed by atoms with Gasteiger partial charge in [-0.2, -0.15) is 10.5 Å². The van der Waals surface area contributed by atoms with Gasteiger partial charge < -0.3 is 4.74 Å². The van der Waals surface area contributed by atoms with E-state index in [2.05, 4.69) is 21.9 Å². The normalized spacial score (nSPS) is 17.0. The van der Waals surface area contributed by atoms with Gasteiger partial charge in [0.15, 0.2) is 11.6 Å². The summed E-state index contributed by atoms with van der Waals surface area (Å²) in [7, 11) is 1.46. The van der Waals surface area contributed by atoms with Gasteiger partial charge in [-0.3, -0.25) is 9.80 Å². The number of piperazine rings is 1. The van der Waals surface area contributed by atoms with Crippen molar-refractivity contribution in [3.8, 4) is 17.9 Å². The average Bonchev–Trinajstić information content (AvgIpc) is 2.60. The van der Waals surface area contributed by atoms with Crippen molar-refractivity contribution >= 4 is 0 Å². The molecule has 1 aliphatic heterocycles. The Morgan fingerprint density at radius 3 is 2.50 bits per heavy atom. The third-order valence-electron chi connectivity index (χ3n) is 4.35. The highest BCUT2D eigenvalue weighted by atomic mass is 19.1. The zero-order valence-electron chi connectivity index (χ0n) is 14.0. The Labute approximate surface area is 142 Å². The molecular weight excluding hydrogens is 307 g/mol. The molecule has 1 aromatic rings. The van der Waals surface area contributed by atoms with Crippen LogP contribution in [0.1, 0.15) is 18.4 Å². The largest absolute Gasteiger partial charge is 0.494 e. The molecule has 0 spiro atoms. The number of rotatable bonds is 7. The van der Waals surface area contributed by atoms with E-state index in [-0.39, 0.29) is 17.5 Å². The molecule has 24 heavy (non-hydrogen) atoms. The van der Waals surface area contributed by atoms with Crippen LogP contribution in [-0.4, -0.2) is 49.6 Å². The van der Waals surface area contributed by atoms with Crippen LogP contribution >= 0.6 is 0 Å². The molecule has 128 valence electrons. The molecule has 0 amide bonds. The van der Waals surface area contributed by atoms with Gasteiger partial charge in [0, 0.05) is 45.7 Å². The van der Waals surface area contributed by atoms with E-state index < -0.39 is 0 Å². The number of halogens is 1. The maximum Gasteiger partial charge on any atom is 0.165 e. The molecule has 0 N–H and O–H groups in total. The first-order chi connectivity index (χ1) is 11.7. The summed E-state index contributed by atoms with van der Waals surface area (Å²) in [4.78, 5) is 4.56. The Kier molecular flexibility index (Phi) is 6.99. The second-order valence-electron chi connectivity index (χ2n) is 6.07. The van der Waals surface area contributed by atoms with Crippen molar-refractivity contribution in [3.05, 3.63) is 29.6 Å². The first-order valence-corrected chi connectivity index (χ1v) is 8.20. The molecule has 1 aliphatic rings. The monoisotopic (exact) mass is 330 g/mol. The zero-order chi connectivity index (χ0) is 17.4. The zero-order valence-corrected chi connectivity index (χ0v) is 14.0. The molecule has 6 heteroatoms. The molecule has 1 fully saturated rings. The van der Waals surface area contributed by atoms with Crippen LogP contribution < -0.4 is 4.74 Å². The van der Waals surface area contributed by atoms with Gasteiger partial charge in [-0.05, 0) is 24.1 Å². The Morgan fingerprint density at radius 2 is 1.92 bits per heavy atom. The van der Waals surface area contributed by atoms with Crippen molar-refractivity contribution in [1.82, 2.24) is 9.80 Å². The number of benzene rings is 1. The van der Waals surface area contributed by atoms with Crippen LogP contribution in [0.5, 0.6) is 5.75 Å². The first kappa shape index (κ1) is 18.2. The summed E-state index contributed by atoms with van der Waals surface area (Å²) in [5.74, 6) is -0.140. The minimum absolute atomic E-state index is 0.0770. The van der Waals surface area contributed by atoms with E-state index in [1.165, 1.54) is 13.2 Å². The predicted octanol–water partition coefficient (Wildman–Crippen LogP) is 2.40. The molecule has 5 nitrogen and oxygen atoms in total. The molecule has 0 unspecified atom stereocenters. The second kappa shape index (κ2) is 9.22. The molecule has 1 atom stereocenters. The number of methoxy groups -OCH3 is 1. The summed E-state index contributed by atoms with van der Waals surface area (Å²) >= 11 is 0. The third kappa shape index (κ3) is 5.19. The van der Waals surface area contributed by atoms with Gasteiger partial charge in [0.25, 0.3) is 0 Å². The quantitative estimate of drug-likeness (QED) is 0.768. The van der Waals surface area contributed by atoms with E-state index in [9.17, 15) is 4.39 Å². The van der Waals surface area contributed by atoms with E-state index in [0.29, 0.717) is 19.4 Å². The van der Waals surface area contributed by atoms with Gasteiger partial charge in [-0.25, -0.2) is 4.39 Å². The Bertz CT molecular complexity index is 614. The third-order valence-corrected chi connectivity index (χ3v) is 4.35. The van der Waals surface area contributed by atoms with E-state index >= 15 is 0 Å². The number of hydrogen-bond acceptors (Lipinski definition) is 5. The van der Waals surface area contributed by atoms with Crippen LogP contribution in [0.3, 0.4) is 0 Å². The van der Waals surface area contributed by atoms with E-state index in [0.717, 1.165) is 38.3 Å². The molecule has 1 heterocycles. The molecule has 0 aromatic heterocycles. The lowest BCUT2D eigenvalue weighted by Gasteiger charge is -2.35. The highest BCUT2D eigenvalue weighted by Crippen LogP contribution is 2.19. The summed E-state index contributed by atoms with van der Waals surface area (Å²) in [5, 5.41) is 17.8. The smallest absolute Gasteiger partial charge is 0.165 e. The van der Waals surface area contributed by atoms with Crippen molar-refractivity contribution in [2.24, 2.45) is 5.92 Å². The molecule has 1 aromatic carbocycles. The minimum atomic E-state index is -0.331. The topological polar surface area (TPSA) is 63.3 Å². The van der Waals surface area contributed by atoms with Gasteiger partial charge in [-0.1, -0.05) is 6.07 Å². The van der Waals surface area contributed by atoms with Crippen molar-refractivity contribution in [2.75, 3.05) is 39.8 Å². The lowest BCUT2D eigenvalue weighted by molar-refractivity contribution is 0.118. The van der Waals surface area contributed by atoms with E-state index in [4.69, 9.17) is 15.3 Å². The van der Waals surface area contributed by atoms with Crippen LogP contribution in [0, 0.1) is 34.4 Å². The number of nitriles is 2. The number of nitrogens with zero attached hydrogens (tertiary/aromatic N) is 4. The molecule has 0 saturated carbocycles. The summed E-state index contributed by atoms with van der Waals surface area (Å²) in [6.07, 6.45) is 1.07. The van der Waals surface area contributed by atoms with Crippen LogP contribution in [0.25, 0.3) is 0 Å². The molecule has 0 bridgehead atoms. The Morgan fingerprint density at radius 1 is 1.21 bits per heavy atom. The van der Waals surface area contributed by atoms with E-state index in [1.54, 1.807) is 6.07 Å². The van der Waals surface area contributed by atoms with Gasteiger partial charge in [-0.15, -0.1) is 0 Å². The molecule has 2 rings (SSSR count). The standard InChI is InChI=1S/C18H23FN4O/c1-24-18-5-4-15(11-17(18)19)13-22-7-9-23(10-8-22)14-16(12-21)3-2-6-20/h4-5,11,16H,2-3,7-10,13-14H2,1H3/t16-/m0/s1. The highest BCUT2D eigenvalue weighted by molar-refractivity contribution is 5.29. The van der Waals surface area contributed by atoms with Crippen LogP contribution in [0.4, 0.5) is 4.39 Å². The predicted molar refractivity (Wildman–Crippen MR) is 88.6 cm³/mol. The molecular formula is C18H23FN4O. The summed E-state index contributed by atoms with van der Waals surface area (Å²) in [5.41, 5.74) is 0.936. The fraction of sp³-hybridized carbons (Fsp3) is 0.556. The highest BCUT2D eigenvalue weighted by Gasteiger charge is 2.20. The molecule has 0 radical (unpaired) electrons. The van der Waals surface area contributed by atoms with Gasteiger partial charge in [0.2, 0.25) is 0 Å². The van der Waals surface area contributed by atoms with Crippen molar-refractivity contribution in [1.29, 1.82) is 10.5 Å². The maximum atomic E-state index is 13.7. The number of ether oxygens (including phenoxy) is 1. The summed E-state index contributed by atoms with van der Waals surface area (Å²) < 4.78 is 18.7. The second-order valence-corrected chi connectivity index (χ2v) is 6.07. The fourth-order valence-corrected chi connectivity index (χ4v) is 2.94. The first-order valence-electron chi connectivity index (χ1n) is 8.20. The molecule has 0 aliphatic carbocycles. The fourth-order valence-electron chi connectivity index (χ4n) is 2.94. The van der Waals surface area contributed by atoms with Gasteiger partial charge in [0.1, 0.15) is 0 Å². The van der Waals surface area contributed by atoms with Crippen LogP contribution in [-0.2, 0) is 6.54 Å². The van der Waals surface area contributed by atoms with Crippen LogP contribution in [0.15, 0.2) is 18.2 Å². The van der Waals surface area contributed by atoms with Crippen molar-refractivity contribution in [3.63, 3.8) is 0 Å². The summed E-state index contributed by atoms with van der Waals surface area (Å²) in [6.45, 7) is 5.01. The summed E-state index contributed by atoms with van der Waals surface area (Å²) in [6, 6.07) is 9.47. The lowest BCUT2D eigenvalue weighted by atomic mass is 10.0. The van der Waals surface area contributed by atoms with Crippen molar-refractivity contribution < 1.29 is 9.13 Å². The van der Waals surface area contributed by atoms with Gasteiger partial charge >= 0.3 is 0 Å². The average molecular weight is 330 g/mol. The Balaban J connectivity index is 1.79. The number of hydrogen-bond donors (Lipinski definition) is 0. The van der Waals surface area contributed by atoms with Crippen LogP contribution in [0.2, 0.25) is 0 Å². The minimum Gasteiger partial charge on any atom is -0.494 e. The Hall–Kier alpha value is -2.15. The van der Waals surface area contributed by atoms with Gasteiger partial charge in [0.05, 0.1) is 25.2 Å². The van der Waals surface area contributed by atoms with Crippen molar-refractivity contribution in [2.45, 2.75) is 19.4 Å². The molecule has 1 saturated heterocycles. The lowest BCUT2D eigenvalue weighted by Crippen LogP contribution is -2.47. The van der Waals surface area contributed by atoms with E-state index in [1.807, 2.05) is 6.07 Å².